The van der Waals surface area contributed by atoms with Crippen LogP contribution in [0.25, 0.3) is 0 Å². The van der Waals surface area contributed by atoms with Crippen molar-refractivity contribution in [2.24, 2.45) is 35.0 Å². The van der Waals surface area contributed by atoms with E-state index in [4.69, 9.17) is 0 Å². The monoisotopic (exact) mass is 538 g/mol. The summed E-state index contributed by atoms with van der Waals surface area (Å²) in [7, 11) is 0. The lowest BCUT2D eigenvalue weighted by atomic mass is 9.49. The van der Waals surface area contributed by atoms with E-state index in [1.165, 1.54) is 38.5 Å². The molecule has 8 aliphatic rings. The third-order valence-electron chi connectivity index (χ3n) is 11.6. The summed E-state index contributed by atoms with van der Waals surface area (Å²) in [5.41, 5.74) is 4.71. The maximum Gasteiger partial charge on any atom is 0.326 e. The van der Waals surface area contributed by atoms with Crippen LogP contribution in [0, 0.1) is 35.0 Å². The van der Waals surface area contributed by atoms with Crippen LogP contribution in [0.4, 0.5) is 0 Å². The molecule has 0 spiro atoms. The van der Waals surface area contributed by atoms with E-state index in [-0.39, 0.29) is 29.1 Å². The average Bonchev–Trinajstić information content (AvgIpc) is 3.45. The molecule has 0 aromatic heterocycles. The zero-order chi connectivity index (χ0) is 27.2. The first-order valence-electron chi connectivity index (χ1n) is 15.4. The van der Waals surface area contributed by atoms with Crippen molar-refractivity contribution in [2.45, 2.75) is 69.2 Å². The number of carboxylic acid groups (broad SMARTS) is 1. The standard InChI is InChI=1S/C34H38N2O4/c37-31(35-18-34-15-19-12-20(16-34)14-21(13-19)17-34)29-27-22-6-1-3-8-24(22)28(25-9-4-2-7-23(25)27)30(29)32(38)36-11-5-10-26(36)33(39)40/h1-4,6-9,19-21,26-30H,5,10-18H2,(H,35,37)(H,39,40)/t19?,20?,21?,26-,27?,28?,29+,30-,34?/m1/s1. The highest BCUT2D eigenvalue weighted by Gasteiger charge is 2.57. The Morgan fingerprint density at radius 2 is 1.30 bits per heavy atom. The van der Waals surface area contributed by atoms with Crippen molar-refractivity contribution in [1.29, 1.82) is 0 Å². The van der Waals surface area contributed by atoms with Crippen LogP contribution in [0.5, 0.6) is 0 Å². The van der Waals surface area contributed by atoms with Crippen LogP contribution < -0.4 is 5.32 Å². The summed E-state index contributed by atoms with van der Waals surface area (Å²) in [5, 5.41) is 13.4. The Morgan fingerprint density at radius 1 is 0.800 bits per heavy atom. The van der Waals surface area contributed by atoms with Crippen molar-refractivity contribution in [2.75, 3.05) is 13.1 Å². The van der Waals surface area contributed by atoms with Gasteiger partial charge >= 0.3 is 5.97 Å². The smallest absolute Gasteiger partial charge is 0.326 e. The summed E-state index contributed by atoms with van der Waals surface area (Å²) in [6.07, 6.45) is 8.91. The van der Waals surface area contributed by atoms with Crippen LogP contribution in [0.2, 0.25) is 0 Å². The van der Waals surface area contributed by atoms with Crippen LogP contribution in [0.1, 0.15) is 85.5 Å². The number of benzene rings is 2. The number of nitrogens with zero attached hydrogens (tertiary/aromatic N) is 1. The van der Waals surface area contributed by atoms with E-state index in [1.807, 2.05) is 24.3 Å². The van der Waals surface area contributed by atoms with Crippen molar-refractivity contribution in [1.82, 2.24) is 10.2 Å². The number of fused-ring (bicyclic) bond motifs is 1. The van der Waals surface area contributed by atoms with Crippen molar-refractivity contribution < 1.29 is 19.5 Å². The molecule has 6 heteroatoms. The highest BCUT2D eigenvalue weighted by atomic mass is 16.4. The molecule has 2 aromatic carbocycles. The lowest BCUT2D eigenvalue weighted by Gasteiger charge is -2.57. The highest BCUT2D eigenvalue weighted by Crippen LogP contribution is 2.61. The maximum absolute atomic E-state index is 14.4. The second-order valence-electron chi connectivity index (χ2n) is 13.9. The van der Waals surface area contributed by atoms with Crippen LogP contribution >= 0.6 is 0 Å². The molecule has 2 aromatic rings. The number of rotatable bonds is 5. The summed E-state index contributed by atoms with van der Waals surface area (Å²) >= 11 is 0. The van der Waals surface area contributed by atoms with Crippen LogP contribution in [0.3, 0.4) is 0 Å². The van der Waals surface area contributed by atoms with Gasteiger partial charge in [0.1, 0.15) is 6.04 Å². The van der Waals surface area contributed by atoms with E-state index in [1.54, 1.807) is 4.90 Å². The Kier molecular flexibility index (Phi) is 5.50. The van der Waals surface area contributed by atoms with Gasteiger partial charge in [0.05, 0.1) is 11.8 Å². The molecule has 1 aliphatic heterocycles. The average molecular weight is 539 g/mol. The normalized spacial score (nSPS) is 38.1. The molecule has 5 fully saturated rings. The molecule has 208 valence electrons. The first kappa shape index (κ1) is 24.6. The van der Waals surface area contributed by atoms with E-state index in [9.17, 15) is 19.5 Å². The molecule has 6 bridgehead atoms. The van der Waals surface area contributed by atoms with Gasteiger partial charge in [-0.2, -0.15) is 0 Å². The molecule has 7 aliphatic carbocycles. The Labute approximate surface area is 235 Å². The van der Waals surface area contributed by atoms with Crippen molar-refractivity contribution in [3.8, 4) is 0 Å². The molecule has 4 saturated carbocycles. The largest absolute Gasteiger partial charge is 0.480 e. The molecular formula is C34H38N2O4. The number of aliphatic carboxylic acids is 1. The van der Waals surface area contributed by atoms with E-state index in [0.29, 0.717) is 25.9 Å². The van der Waals surface area contributed by atoms with Gasteiger partial charge in [0, 0.05) is 24.9 Å². The number of carbonyl (C=O) groups excluding carboxylic acids is 2. The molecular weight excluding hydrogens is 500 g/mol. The predicted octanol–water partition coefficient (Wildman–Crippen LogP) is 4.92. The Balaban J connectivity index is 1.18. The zero-order valence-electron chi connectivity index (χ0n) is 22.9. The van der Waals surface area contributed by atoms with E-state index < -0.39 is 23.8 Å². The molecule has 2 amide bonds. The van der Waals surface area contributed by atoms with Gasteiger partial charge in [-0.25, -0.2) is 4.79 Å². The van der Waals surface area contributed by atoms with Crippen molar-refractivity contribution in [3.05, 3.63) is 70.8 Å². The fourth-order valence-corrected chi connectivity index (χ4v) is 10.7. The second-order valence-corrected chi connectivity index (χ2v) is 13.9. The SMILES string of the molecule is O=C(O)[C@H]1CCCN1C(=O)[C@@H]1C2c3ccccc3C(c3ccccc32)[C@@H]1C(=O)NCC12CC3CC(CC(C3)C1)C2. The molecule has 0 unspecified atom stereocenters. The number of carboxylic acids is 1. The Morgan fingerprint density at radius 3 is 1.80 bits per heavy atom. The summed E-state index contributed by atoms with van der Waals surface area (Å²) in [6, 6.07) is 15.7. The van der Waals surface area contributed by atoms with Gasteiger partial charge in [-0.05, 0) is 96.8 Å². The predicted molar refractivity (Wildman–Crippen MR) is 150 cm³/mol. The Bertz CT molecular complexity index is 1320. The quantitative estimate of drug-likeness (QED) is 0.566. The van der Waals surface area contributed by atoms with Crippen LogP contribution in [0.15, 0.2) is 48.5 Å². The van der Waals surface area contributed by atoms with Crippen LogP contribution in [-0.2, 0) is 14.4 Å². The number of nitrogens with one attached hydrogen (secondary N) is 1. The minimum atomic E-state index is -0.949. The van der Waals surface area contributed by atoms with Gasteiger partial charge < -0.3 is 15.3 Å². The lowest BCUT2D eigenvalue weighted by Crippen LogP contribution is -2.56. The lowest BCUT2D eigenvalue weighted by molar-refractivity contribution is -0.153. The first-order valence-corrected chi connectivity index (χ1v) is 15.4. The number of carbonyl (C=O) groups is 3. The van der Waals surface area contributed by atoms with Crippen molar-refractivity contribution >= 4 is 17.8 Å². The summed E-state index contributed by atoms with van der Waals surface area (Å²) in [6.45, 7) is 1.14. The van der Waals surface area contributed by atoms with Gasteiger partial charge in [-0.15, -0.1) is 0 Å². The molecule has 3 atom stereocenters. The number of likely N-dealkylation sites (tertiary alicyclic amines) is 1. The minimum absolute atomic E-state index is 0.0285. The van der Waals surface area contributed by atoms with Gasteiger partial charge in [0.2, 0.25) is 11.8 Å². The Hall–Kier alpha value is -3.15. The summed E-state index contributed by atoms with van der Waals surface area (Å²) in [5.74, 6) is -0.338. The molecule has 40 heavy (non-hydrogen) atoms. The molecule has 6 nitrogen and oxygen atoms in total. The zero-order valence-corrected chi connectivity index (χ0v) is 22.9. The fraction of sp³-hybridized carbons (Fsp3) is 0.559. The molecule has 2 N–H and O–H groups in total. The maximum atomic E-state index is 14.4. The third-order valence-corrected chi connectivity index (χ3v) is 11.6. The molecule has 10 rings (SSSR count). The molecule has 0 radical (unpaired) electrons. The minimum Gasteiger partial charge on any atom is -0.480 e. The summed E-state index contributed by atoms with van der Waals surface area (Å²) < 4.78 is 0. The van der Waals surface area contributed by atoms with Gasteiger partial charge in [-0.3, -0.25) is 9.59 Å². The van der Waals surface area contributed by atoms with Gasteiger partial charge in [-0.1, -0.05) is 48.5 Å². The van der Waals surface area contributed by atoms with E-state index in [2.05, 4.69) is 29.6 Å². The van der Waals surface area contributed by atoms with Gasteiger partial charge in [0.15, 0.2) is 0 Å². The van der Waals surface area contributed by atoms with Crippen LogP contribution in [-0.4, -0.2) is 46.9 Å². The number of hydrogen-bond acceptors (Lipinski definition) is 3. The fourth-order valence-electron chi connectivity index (χ4n) is 10.7. The highest BCUT2D eigenvalue weighted by molar-refractivity contribution is 5.94. The van der Waals surface area contributed by atoms with Gasteiger partial charge in [0.25, 0.3) is 0 Å². The van der Waals surface area contributed by atoms with E-state index >= 15 is 0 Å². The number of hydrogen-bond donors (Lipinski definition) is 2. The van der Waals surface area contributed by atoms with E-state index in [0.717, 1.165) is 40.0 Å². The van der Waals surface area contributed by atoms with Crippen molar-refractivity contribution in [3.63, 3.8) is 0 Å². The number of amides is 2. The topological polar surface area (TPSA) is 86.7 Å². The third kappa shape index (κ3) is 3.56. The molecule has 1 heterocycles. The molecule has 1 saturated heterocycles. The second kappa shape index (κ2) is 8.92. The summed E-state index contributed by atoms with van der Waals surface area (Å²) in [4.78, 5) is 42.6. The first-order chi connectivity index (χ1) is 19.4.